The molecule has 1 aliphatic rings. The van der Waals surface area contributed by atoms with Crippen LogP contribution in [0.25, 0.3) is 0 Å². The van der Waals surface area contributed by atoms with E-state index < -0.39 is 6.10 Å². The molecular weight excluding hydrogens is 202 g/mol. The third kappa shape index (κ3) is 3.20. The summed E-state index contributed by atoms with van der Waals surface area (Å²) in [6.45, 7) is 3.96. The predicted octanol–water partition coefficient (Wildman–Crippen LogP) is 2.70. The first-order chi connectivity index (χ1) is 7.65. The van der Waals surface area contributed by atoms with Gasteiger partial charge in [-0.15, -0.1) is 0 Å². The molecule has 1 atom stereocenters. The molecule has 0 spiro atoms. The zero-order chi connectivity index (χ0) is 11.5. The molecule has 16 heavy (non-hydrogen) atoms. The largest absolute Gasteiger partial charge is 0.489 e. The van der Waals surface area contributed by atoms with E-state index in [2.05, 4.69) is 4.98 Å². The number of aromatic nitrogens is 1. The van der Waals surface area contributed by atoms with Crippen molar-refractivity contribution in [2.45, 2.75) is 45.3 Å². The van der Waals surface area contributed by atoms with Gasteiger partial charge in [-0.1, -0.05) is 12.8 Å². The summed E-state index contributed by atoms with van der Waals surface area (Å²) in [5.74, 6) is 1.45. The molecule has 88 valence electrons. The second-order valence-electron chi connectivity index (χ2n) is 4.82. The Labute approximate surface area is 96.5 Å². The summed E-state index contributed by atoms with van der Waals surface area (Å²) < 4.78 is 5.55. The van der Waals surface area contributed by atoms with Crippen LogP contribution in [0, 0.1) is 5.92 Å². The van der Waals surface area contributed by atoms with Crippen LogP contribution in [-0.2, 0) is 0 Å². The Bertz CT molecular complexity index is 348. The summed E-state index contributed by atoms with van der Waals surface area (Å²) >= 11 is 0. The summed E-state index contributed by atoms with van der Waals surface area (Å²) in [5, 5.41) is 9.99. The first-order valence-corrected chi connectivity index (χ1v) is 5.95. The number of rotatable bonds is 5. The Morgan fingerprint density at radius 3 is 2.81 bits per heavy atom. The highest BCUT2D eigenvalue weighted by atomic mass is 16.5. The molecule has 0 radical (unpaired) electrons. The molecule has 1 aliphatic carbocycles. The summed E-state index contributed by atoms with van der Waals surface area (Å²) in [7, 11) is 0. The van der Waals surface area contributed by atoms with Crippen molar-refractivity contribution in [2.24, 2.45) is 5.92 Å². The second kappa shape index (κ2) is 4.83. The highest BCUT2D eigenvalue weighted by Gasteiger charge is 2.25. The van der Waals surface area contributed by atoms with Gasteiger partial charge < -0.3 is 9.84 Å². The van der Waals surface area contributed by atoms with Gasteiger partial charge in [0.25, 0.3) is 0 Å². The maximum atomic E-state index is 9.99. The first-order valence-electron chi connectivity index (χ1n) is 5.95. The van der Waals surface area contributed by atoms with Gasteiger partial charge in [0.15, 0.2) is 0 Å². The number of aliphatic hydroxyl groups is 1. The van der Waals surface area contributed by atoms with Gasteiger partial charge >= 0.3 is 0 Å². The van der Waals surface area contributed by atoms with Crippen molar-refractivity contribution in [1.82, 2.24) is 4.98 Å². The molecule has 0 amide bonds. The van der Waals surface area contributed by atoms with E-state index in [-0.39, 0.29) is 6.10 Å². The minimum atomic E-state index is -0.393. The van der Waals surface area contributed by atoms with Crippen LogP contribution in [0.15, 0.2) is 18.5 Å². The quantitative estimate of drug-likeness (QED) is 0.831. The summed E-state index contributed by atoms with van der Waals surface area (Å²) in [6, 6.07) is 1.89. The number of aliphatic hydroxyl groups excluding tert-OH is 1. The molecule has 0 aromatic carbocycles. The molecule has 0 bridgehead atoms. The van der Waals surface area contributed by atoms with Crippen LogP contribution in [0.1, 0.15) is 44.8 Å². The van der Waals surface area contributed by atoms with Gasteiger partial charge in [-0.05, 0) is 32.3 Å². The van der Waals surface area contributed by atoms with E-state index in [1.807, 2.05) is 19.9 Å². The van der Waals surface area contributed by atoms with E-state index >= 15 is 0 Å². The highest BCUT2D eigenvalue weighted by Crippen LogP contribution is 2.37. The lowest BCUT2D eigenvalue weighted by Gasteiger charge is -2.13. The number of nitrogens with zero attached hydrogens (tertiary/aromatic N) is 1. The topological polar surface area (TPSA) is 42.4 Å². The number of hydrogen-bond donors (Lipinski definition) is 1. The lowest BCUT2D eigenvalue weighted by molar-refractivity contribution is 0.159. The van der Waals surface area contributed by atoms with Crippen LogP contribution >= 0.6 is 0 Å². The molecule has 1 aromatic rings. The van der Waals surface area contributed by atoms with E-state index in [1.54, 1.807) is 12.4 Å². The molecule has 0 saturated heterocycles. The van der Waals surface area contributed by atoms with Crippen molar-refractivity contribution in [2.75, 3.05) is 0 Å². The van der Waals surface area contributed by atoms with Crippen molar-refractivity contribution < 1.29 is 9.84 Å². The van der Waals surface area contributed by atoms with Gasteiger partial charge in [-0.2, -0.15) is 0 Å². The molecule has 1 heterocycles. The lowest BCUT2D eigenvalue weighted by Crippen LogP contribution is -2.07. The van der Waals surface area contributed by atoms with Crippen LogP contribution in [0.5, 0.6) is 5.75 Å². The maximum Gasteiger partial charge on any atom is 0.138 e. The minimum absolute atomic E-state index is 0.137. The summed E-state index contributed by atoms with van der Waals surface area (Å²) in [5.41, 5.74) is 0.866. The van der Waals surface area contributed by atoms with Crippen molar-refractivity contribution in [1.29, 1.82) is 0 Å². The van der Waals surface area contributed by atoms with Gasteiger partial charge in [0.1, 0.15) is 5.75 Å². The standard InChI is InChI=1S/C13H19NO2/c1-9(2)16-12-6-11(7-14-8-12)13(15)5-10-3-4-10/h6-10,13,15H,3-5H2,1-2H3. The molecule has 3 heteroatoms. The van der Waals surface area contributed by atoms with Crippen LogP contribution in [0.4, 0.5) is 0 Å². The van der Waals surface area contributed by atoms with Crippen LogP contribution in [0.2, 0.25) is 0 Å². The van der Waals surface area contributed by atoms with E-state index in [1.165, 1.54) is 12.8 Å². The zero-order valence-electron chi connectivity index (χ0n) is 9.89. The molecule has 1 N–H and O–H groups in total. The fourth-order valence-corrected chi connectivity index (χ4v) is 1.76. The monoisotopic (exact) mass is 221 g/mol. The molecule has 3 nitrogen and oxygen atoms in total. The average molecular weight is 221 g/mol. The maximum absolute atomic E-state index is 9.99. The Morgan fingerprint density at radius 1 is 1.44 bits per heavy atom. The van der Waals surface area contributed by atoms with Crippen molar-refractivity contribution >= 4 is 0 Å². The van der Waals surface area contributed by atoms with Crippen LogP contribution in [0.3, 0.4) is 0 Å². The highest BCUT2D eigenvalue weighted by molar-refractivity contribution is 5.25. The van der Waals surface area contributed by atoms with E-state index in [9.17, 15) is 5.11 Å². The zero-order valence-corrected chi connectivity index (χ0v) is 9.89. The number of ether oxygens (including phenoxy) is 1. The Kier molecular flexibility index (Phi) is 3.44. The molecular formula is C13H19NO2. The molecule has 1 unspecified atom stereocenters. The Morgan fingerprint density at radius 2 is 2.19 bits per heavy atom. The van der Waals surface area contributed by atoms with Crippen LogP contribution in [-0.4, -0.2) is 16.2 Å². The Hall–Kier alpha value is -1.09. The van der Waals surface area contributed by atoms with Gasteiger partial charge in [0.2, 0.25) is 0 Å². The average Bonchev–Trinajstić information content (AvgIpc) is 3.01. The van der Waals surface area contributed by atoms with E-state index in [0.29, 0.717) is 5.92 Å². The van der Waals surface area contributed by atoms with Crippen molar-refractivity contribution in [3.8, 4) is 5.75 Å². The van der Waals surface area contributed by atoms with E-state index in [0.717, 1.165) is 17.7 Å². The summed E-state index contributed by atoms with van der Waals surface area (Å²) in [4.78, 5) is 4.10. The molecule has 1 aromatic heterocycles. The number of hydrogen-bond acceptors (Lipinski definition) is 3. The minimum Gasteiger partial charge on any atom is -0.489 e. The fraction of sp³-hybridized carbons (Fsp3) is 0.615. The predicted molar refractivity (Wildman–Crippen MR) is 62.3 cm³/mol. The van der Waals surface area contributed by atoms with Gasteiger partial charge in [0, 0.05) is 11.8 Å². The SMILES string of the molecule is CC(C)Oc1cncc(C(O)CC2CC2)c1. The molecule has 0 aliphatic heterocycles. The Balaban J connectivity index is 2.01. The van der Waals surface area contributed by atoms with Gasteiger partial charge in [-0.25, -0.2) is 0 Å². The third-order valence-corrected chi connectivity index (χ3v) is 2.74. The molecule has 1 saturated carbocycles. The first kappa shape index (κ1) is 11.4. The van der Waals surface area contributed by atoms with Crippen molar-refractivity contribution in [3.05, 3.63) is 24.0 Å². The number of pyridine rings is 1. The second-order valence-corrected chi connectivity index (χ2v) is 4.82. The normalized spacial score (nSPS) is 17.5. The molecule has 1 fully saturated rings. The molecule has 2 rings (SSSR count). The lowest BCUT2D eigenvalue weighted by atomic mass is 10.1. The van der Waals surface area contributed by atoms with Gasteiger partial charge in [0.05, 0.1) is 18.4 Å². The summed E-state index contributed by atoms with van der Waals surface area (Å²) in [6.07, 6.45) is 6.52. The fourth-order valence-electron chi connectivity index (χ4n) is 1.76. The van der Waals surface area contributed by atoms with E-state index in [4.69, 9.17) is 4.74 Å². The van der Waals surface area contributed by atoms with Gasteiger partial charge in [-0.3, -0.25) is 4.98 Å². The van der Waals surface area contributed by atoms with Crippen molar-refractivity contribution in [3.63, 3.8) is 0 Å². The third-order valence-electron chi connectivity index (χ3n) is 2.74. The smallest absolute Gasteiger partial charge is 0.138 e. The van der Waals surface area contributed by atoms with Crippen LogP contribution < -0.4 is 4.74 Å².